The molecule has 0 bridgehead atoms. The molecule has 348 valence electrons. The van der Waals surface area contributed by atoms with E-state index in [0.717, 1.165) is 43.7 Å². The summed E-state index contributed by atoms with van der Waals surface area (Å²) in [6, 6.07) is 11.2. The summed E-state index contributed by atoms with van der Waals surface area (Å²) in [5.74, 6) is -1.51. The fourth-order valence-corrected chi connectivity index (χ4v) is 10.4. The van der Waals surface area contributed by atoms with Gasteiger partial charge in [-0.1, -0.05) is 17.7 Å². The molecule has 2 aromatic carbocycles. The molecule has 1 unspecified atom stereocenters. The van der Waals surface area contributed by atoms with E-state index < -0.39 is 35.3 Å². The van der Waals surface area contributed by atoms with Gasteiger partial charge in [0.05, 0.1) is 28.5 Å². The summed E-state index contributed by atoms with van der Waals surface area (Å²) in [5.41, 5.74) is 1.08. The third kappa shape index (κ3) is 8.67. The van der Waals surface area contributed by atoms with Gasteiger partial charge in [0.2, 0.25) is 17.8 Å². The summed E-state index contributed by atoms with van der Waals surface area (Å²) in [5, 5.41) is 9.05. The molecule has 1 spiro atoms. The highest BCUT2D eigenvalue weighted by molar-refractivity contribution is 6.33. The van der Waals surface area contributed by atoms with Gasteiger partial charge in [-0.2, -0.15) is 4.98 Å². The molecule has 5 aliphatic heterocycles. The second-order valence-corrected chi connectivity index (χ2v) is 19.0. The zero-order valence-electron chi connectivity index (χ0n) is 37.3. The van der Waals surface area contributed by atoms with Crippen molar-refractivity contribution in [3.8, 4) is 5.75 Å². The smallest absolute Gasteiger partial charge is 0.293 e. The van der Waals surface area contributed by atoms with Crippen LogP contribution in [0.25, 0.3) is 10.9 Å². The van der Waals surface area contributed by atoms with Gasteiger partial charge in [0.1, 0.15) is 16.7 Å². The summed E-state index contributed by atoms with van der Waals surface area (Å²) >= 11 is 6.59. The molecule has 19 heteroatoms. The minimum Gasteiger partial charge on any atom is -0.478 e. The largest absolute Gasteiger partial charge is 0.478 e. The van der Waals surface area contributed by atoms with Crippen LogP contribution in [-0.2, 0) is 14.4 Å². The third-order valence-electron chi connectivity index (χ3n) is 14.1. The number of benzene rings is 2. The van der Waals surface area contributed by atoms with Crippen molar-refractivity contribution in [1.82, 2.24) is 35.0 Å². The van der Waals surface area contributed by atoms with E-state index in [-0.39, 0.29) is 53.7 Å². The van der Waals surface area contributed by atoms with Gasteiger partial charge in [0.25, 0.3) is 23.3 Å². The first kappa shape index (κ1) is 45.0. The summed E-state index contributed by atoms with van der Waals surface area (Å²) in [6.07, 6.45) is 6.09. The molecule has 3 N–H and O–H groups in total. The molecule has 4 aromatic rings. The number of carbonyl (C=O) groups is 5. The van der Waals surface area contributed by atoms with Crippen LogP contribution < -0.4 is 36.0 Å². The highest BCUT2D eigenvalue weighted by Crippen LogP contribution is 2.45. The summed E-state index contributed by atoms with van der Waals surface area (Å²) in [4.78, 5) is 93.3. The highest BCUT2D eigenvalue weighted by atomic mass is 35.5. The number of aromatic nitrogens is 3. The van der Waals surface area contributed by atoms with E-state index in [2.05, 4.69) is 30.7 Å². The van der Waals surface area contributed by atoms with Gasteiger partial charge < -0.3 is 34.6 Å². The number of nitrogens with zero attached hydrogens (tertiary/aromatic N) is 7. The number of likely N-dealkylation sites (tertiary alicyclic amines) is 1. The van der Waals surface area contributed by atoms with Crippen LogP contribution in [0.5, 0.6) is 5.75 Å². The van der Waals surface area contributed by atoms with Gasteiger partial charge in [0, 0.05) is 76.1 Å². The van der Waals surface area contributed by atoms with E-state index in [0.29, 0.717) is 90.2 Å². The fraction of sp³-hybridized carbons (Fsp3) is 0.489. The molecule has 0 aliphatic carbocycles. The second-order valence-electron chi connectivity index (χ2n) is 18.6. The summed E-state index contributed by atoms with van der Waals surface area (Å²) in [6.45, 7) is 7.78. The molecular formula is C47H54ClFN10O7. The van der Waals surface area contributed by atoms with Crippen LogP contribution in [-0.4, -0.2) is 125 Å². The topological polar surface area (TPSA) is 191 Å². The van der Waals surface area contributed by atoms with Crippen molar-refractivity contribution in [2.75, 3.05) is 74.6 Å². The van der Waals surface area contributed by atoms with E-state index in [1.807, 2.05) is 43.0 Å². The van der Waals surface area contributed by atoms with Crippen molar-refractivity contribution in [1.29, 1.82) is 0 Å². The van der Waals surface area contributed by atoms with Gasteiger partial charge in [-0.05, 0) is 101 Å². The molecule has 0 radical (unpaired) electrons. The molecule has 4 saturated heterocycles. The van der Waals surface area contributed by atoms with Crippen LogP contribution in [0.3, 0.4) is 0 Å². The predicted molar refractivity (Wildman–Crippen MR) is 246 cm³/mol. The number of amides is 5. The van der Waals surface area contributed by atoms with E-state index in [9.17, 15) is 28.8 Å². The maximum atomic E-state index is 16.6. The number of likely N-dealkylation sites (N-methyl/N-ethyl adjacent to an activating group) is 1. The van der Waals surface area contributed by atoms with E-state index >= 15 is 4.39 Å². The van der Waals surface area contributed by atoms with Crippen LogP contribution in [0.1, 0.15) is 92.0 Å². The molecule has 7 heterocycles. The number of piperidine rings is 4. The number of fused-ring (bicyclic) bond motifs is 2. The number of imide groups is 2. The molecule has 2 aromatic heterocycles. The van der Waals surface area contributed by atoms with Gasteiger partial charge in [-0.3, -0.25) is 39.0 Å². The number of rotatable bonds is 11. The predicted octanol–water partition coefficient (Wildman–Crippen LogP) is 4.99. The molecule has 17 nitrogen and oxygen atoms in total. The average molecular weight is 925 g/mol. The number of anilines is 4. The minimum absolute atomic E-state index is 0.0615. The maximum Gasteiger partial charge on any atom is 0.293 e. The summed E-state index contributed by atoms with van der Waals surface area (Å²) < 4.78 is 23.8. The number of hydrogen-bond donors (Lipinski definition) is 3. The molecule has 1 atom stereocenters. The zero-order valence-corrected chi connectivity index (χ0v) is 38.1. The van der Waals surface area contributed by atoms with Crippen LogP contribution in [0.4, 0.5) is 27.5 Å². The Morgan fingerprint density at radius 3 is 2.35 bits per heavy atom. The quantitative estimate of drug-likeness (QED) is 0.171. The average Bonchev–Trinajstić information content (AvgIpc) is 3.56. The lowest BCUT2D eigenvalue weighted by Gasteiger charge is -2.49. The Kier molecular flexibility index (Phi) is 12.2. The van der Waals surface area contributed by atoms with Crippen molar-refractivity contribution in [3.05, 3.63) is 75.2 Å². The highest BCUT2D eigenvalue weighted by Gasteiger charge is 2.47. The van der Waals surface area contributed by atoms with E-state index in [1.165, 1.54) is 13.2 Å². The molecule has 66 heavy (non-hydrogen) atoms. The number of halogens is 2. The first-order valence-corrected chi connectivity index (χ1v) is 23.1. The van der Waals surface area contributed by atoms with Crippen molar-refractivity contribution in [2.24, 2.45) is 5.41 Å². The third-order valence-corrected chi connectivity index (χ3v) is 14.4. The molecule has 9 rings (SSSR count). The number of pyridine rings is 1. The Bertz CT molecular complexity index is 2670. The van der Waals surface area contributed by atoms with Gasteiger partial charge in [-0.15, -0.1) is 0 Å². The molecule has 5 aliphatic rings. The van der Waals surface area contributed by atoms with Crippen molar-refractivity contribution in [2.45, 2.75) is 83.0 Å². The first-order valence-electron chi connectivity index (χ1n) is 22.7. The van der Waals surface area contributed by atoms with Crippen LogP contribution >= 0.6 is 11.6 Å². The number of alkyl halides is 1. The molecule has 5 amide bonds. The zero-order chi connectivity index (χ0) is 46.5. The first-order chi connectivity index (χ1) is 31.6. The van der Waals surface area contributed by atoms with Crippen LogP contribution in [0.2, 0.25) is 5.02 Å². The van der Waals surface area contributed by atoms with Crippen LogP contribution in [0, 0.1) is 5.41 Å². The molecular weight excluding hydrogens is 871 g/mol. The maximum absolute atomic E-state index is 16.6. The fourth-order valence-electron chi connectivity index (χ4n) is 10.3. The lowest BCUT2D eigenvalue weighted by Crippen LogP contribution is -2.54. The van der Waals surface area contributed by atoms with Gasteiger partial charge in [-0.25, -0.2) is 9.37 Å². The number of ether oxygens (including phenoxy) is 1. The number of nitrogens with one attached hydrogen (secondary N) is 3. The Morgan fingerprint density at radius 1 is 0.939 bits per heavy atom. The van der Waals surface area contributed by atoms with E-state index in [1.54, 1.807) is 22.8 Å². The SMILES string of the molecule is CNC(=O)COc1cc2cc(Nc3nc(N4CCC(F)(CN5CCC6(CC5)CCN(c5cccc7c5C(=O)N(C5CCC(=O)NC5=O)C7=O)CC6)CC4)ncc3Cl)ccc2n(C(C)C)c1=O. The second kappa shape index (κ2) is 17.9. The number of carbonyl (C=O) groups excluding carboxylic acids is 5. The van der Waals surface area contributed by atoms with Gasteiger partial charge >= 0.3 is 0 Å². The van der Waals surface area contributed by atoms with Crippen molar-refractivity contribution >= 4 is 75.2 Å². The summed E-state index contributed by atoms with van der Waals surface area (Å²) in [7, 11) is 1.50. The normalized spacial score (nSPS) is 20.8. The van der Waals surface area contributed by atoms with E-state index in [4.69, 9.17) is 21.3 Å². The Morgan fingerprint density at radius 2 is 1.65 bits per heavy atom. The monoisotopic (exact) mass is 924 g/mol. The lowest BCUT2D eigenvalue weighted by molar-refractivity contribution is -0.136. The molecule has 4 fully saturated rings. The lowest BCUT2D eigenvalue weighted by atomic mass is 9.71. The van der Waals surface area contributed by atoms with Gasteiger partial charge in [0.15, 0.2) is 18.2 Å². The Labute approximate surface area is 386 Å². The minimum atomic E-state index is -1.36. The van der Waals surface area contributed by atoms with Crippen molar-refractivity contribution in [3.63, 3.8) is 0 Å². The standard InChI is InChI=1S/C47H54ClFN10O7/c1-28(2)58-33-8-7-30(23-29(33)24-36(43(58)64)66-26-38(61)50-3)52-40-32(48)25-51-45(54-40)57-21-15-47(49,16-22-57)27-55-17-11-46(12-18-55)13-19-56(20-14-46)34-6-4-5-31-39(34)44(65)59(42(31)63)35-9-10-37(60)53-41(35)62/h4-8,23-25,28,35H,9-22,26-27H2,1-3H3,(H,50,61)(H,51,52,54)(H,53,60,62). The molecule has 0 saturated carbocycles. The van der Waals surface area contributed by atoms with Crippen LogP contribution in [0.15, 0.2) is 53.5 Å². The Hall–Kier alpha value is -6.14. The number of hydrogen-bond acceptors (Lipinski definition) is 13. The Balaban J connectivity index is 0.785. The van der Waals surface area contributed by atoms with Crippen molar-refractivity contribution < 1.29 is 33.1 Å².